The fourth-order valence-electron chi connectivity index (χ4n) is 3.71. The fourth-order valence-corrected chi connectivity index (χ4v) is 5.39. The first-order chi connectivity index (χ1) is 14.8. The minimum Gasteiger partial charge on any atom is -0.455 e. The maximum atomic E-state index is 13.0. The number of sulfonamides is 1. The van der Waals surface area contributed by atoms with Crippen molar-refractivity contribution in [3.63, 3.8) is 0 Å². The Labute approximate surface area is 181 Å². The number of aromatic nitrogens is 3. The Morgan fingerprint density at radius 2 is 1.87 bits per heavy atom. The van der Waals surface area contributed by atoms with Crippen LogP contribution in [-0.2, 0) is 10.0 Å². The third kappa shape index (κ3) is 4.00. The maximum absolute atomic E-state index is 13.0. The van der Waals surface area contributed by atoms with Gasteiger partial charge in [-0.2, -0.15) is 9.40 Å². The molecule has 1 aliphatic heterocycles. The molecule has 164 valence electrons. The number of carbonyl (C=O) groups is 1. The minimum absolute atomic E-state index is 0.0175. The second-order valence-corrected chi connectivity index (χ2v) is 9.57. The highest BCUT2D eigenvalue weighted by atomic mass is 32.2. The van der Waals surface area contributed by atoms with Gasteiger partial charge in [0.05, 0.1) is 11.7 Å². The van der Waals surface area contributed by atoms with Crippen molar-refractivity contribution in [3.8, 4) is 5.69 Å². The molecule has 1 aromatic carbocycles. The van der Waals surface area contributed by atoms with Crippen LogP contribution in [0.4, 0.5) is 0 Å². The molecule has 0 radical (unpaired) electrons. The van der Waals surface area contributed by atoms with Gasteiger partial charge in [-0.3, -0.25) is 4.79 Å². The molecule has 1 atom stereocenters. The zero-order chi connectivity index (χ0) is 22.2. The van der Waals surface area contributed by atoms with E-state index >= 15 is 0 Å². The highest BCUT2D eigenvalue weighted by molar-refractivity contribution is 7.89. The van der Waals surface area contributed by atoms with Crippen LogP contribution in [0.5, 0.6) is 0 Å². The molecule has 9 nitrogen and oxygen atoms in total. The number of nitrogens with zero attached hydrogens (tertiary/aromatic N) is 5. The molecule has 2 aromatic heterocycles. The van der Waals surface area contributed by atoms with Crippen LogP contribution in [0.3, 0.4) is 0 Å². The largest absolute Gasteiger partial charge is 0.455 e. The molecule has 1 fully saturated rings. The van der Waals surface area contributed by atoms with Crippen LogP contribution in [0.25, 0.3) is 5.69 Å². The van der Waals surface area contributed by atoms with Crippen LogP contribution in [0.15, 0.2) is 52.3 Å². The molecule has 0 aliphatic carbocycles. The third-order valence-electron chi connectivity index (χ3n) is 5.73. The predicted molar refractivity (Wildman–Crippen MR) is 113 cm³/mol. The van der Waals surface area contributed by atoms with Gasteiger partial charge in [-0.15, -0.1) is 0 Å². The van der Waals surface area contributed by atoms with Gasteiger partial charge in [-0.1, -0.05) is 12.1 Å². The number of carbonyl (C=O) groups excluding carboxylic acids is 1. The lowest BCUT2D eigenvalue weighted by Crippen LogP contribution is -2.29. The first-order valence-electron chi connectivity index (χ1n) is 10.1. The van der Waals surface area contributed by atoms with E-state index in [-0.39, 0.29) is 28.4 Å². The standard InChI is InChI=1S/C21H25N5O4S/c1-15(17-6-8-18(9-7-17)26-14-22-13-23-26)24(3)21(27)19-12-20(16(2)30-19)31(28,29)25-10-4-5-11-25/h6-9,12-15H,4-5,10-11H2,1-3H3/t15-/m0/s1. The Kier molecular flexibility index (Phi) is 5.67. The predicted octanol–water partition coefficient (Wildman–Crippen LogP) is 2.79. The third-order valence-corrected chi connectivity index (χ3v) is 7.73. The molecule has 4 rings (SSSR count). The number of aryl methyl sites for hydroxylation is 1. The molecule has 10 heteroatoms. The Balaban J connectivity index is 1.53. The number of hydrogen-bond acceptors (Lipinski definition) is 6. The summed E-state index contributed by atoms with van der Waals surface area (Å²) < 4.78 is 34.4. The summed E-state index contributed by atoms with van der Waals surface area (Å²) in [5.41, 5.74) is 1.79. The molecule has 31 heavy (non-hydrogen) atoms. The summed E-state index contributed by atoms with van der Waals surface area (Å²) in [6.07, 6.45) is 4.77. The van der Waals surface area contributed by atoms with Crippen molar-refractivity contribution in [1.82, 2.24) is 24.0 Å². The van der Waals surface area contributed by atoms with E-state index in [0.717, 1.165) is 24.1 Å². The lowest BCUT2D eigenvalue weighted by atomic mass is 10.1. The van der Waals surface area contributed by atoms with E-state index in [0.29, 0.717) is 13.1 Å². The van der Waals surface area contributed by atoms with E-state index in [1.54, 1.807) is 25.0 Å². The van der Waals surface area contributed by atoms with Gasteiger partial charge in [0.1, 0.15) is 23.3 Å². The summed E-state index contributed by atoms with van der Waals surface area (Å²) in [6, 6.07) is 8.74. The van der Waals surface area contributed by atoms with Gasteiger partial charge < -0.3 is 9.32 Å². The highest BCUT2D eigenvalue weighted by Crippen LogP contribution is 2.28. The summed E-state index contributed by atoms with van der Waals surface area (Å²) >= 11 is 0. The summed E-state index contributed by atoms with van der Waals surface area (Å²) in [7, 11) is -1.98. The number of rotatable bonds is 6. The SMILES string of the molecule is Cc1oc(C(=O)N(C)[C@@H](C)c2ccc(-n3cncn3)cc2)cc1S(=O)(=O)N1CCCC1. The normalized spacial score (nSPS) is 15.8. The van der Waals surface area contributed by atoms with Gasteiger partial charge in [-0.25, -0.2) is 18.1 Å². The number of benzene rings is 1. The number of furan rings is 1. The fraction of sp³-hybridized carbons (Fsp3) is 0.381. The van der Waals surface area contributed by atoms with Crippen molar-refractivity contribution in [1.29, 1.82) is 0 Å². The topological polar surface area (TPSA) is 102 Å². The molecule has 1 amide bonds. The molecule has 0 unspecified atom stereocenters. The van der Waals surface area contributed by atoms with Gasteiger partial charge >= 0.3 is 0 Å². The van der Waals surface area contributed by atoms with Crippen molar-refractivity contribution >= 4 is 15.9 Å². The number of amides is 1. The highest BCUT2D eigenvalue weighted by Gasteiger charge is 2.32. The van der Waals surface area contributed by atoms with Crippen molar-refractivity contribution < 1.29 is 17.6 Å². The van der Waals surface area contributed by atoms with Crippen molar-refractivity contribution in [2.24, 2.45) is 0 Å². The lowest BCUT2D eigenvalue weighted by molar-refractivity contribution is 0.0709. The molecular weight excluding hydrogens is 418 g/mol. The summed E-state index contributed by atoms with van der Waals surface area (Å²) in [6.45, 7) is 4.47. The Hall–Kier alpha value is -2.98. The second kappa shape index (κ2) is 8.27. The van der Waals surface area contributed by atoms with Crippen LogP contribution in [-0.4, -0.2) is 58.4 Å². The minimum atomic E-state index is -3.65. The quantitative estimate of drug-likeness (QED) is 0.581. The monoisotopic (exact) mass is 443 g/mol. The van der Waals surface area contributed by atoms with Crippen molar-refractivity contribution in [2.75, 3.05) is 20.1 Å². The van der Waals surface area contributed by atoms with Crippen LogP contribution in [0, 0.1) is 6.92 Å². The summed E-state index contributed by atoms with van der Waals surface area (Å²) in [4.78, 5) is 18.6. The van der Waals surface area contributed by atoms with E-state index < -0.39 is 10.0 Å². The first-order valence-corrected chi connectivity index (χ1v) is 11.6. The zero-order valence-electron chi connectivity index (χ0n) is 17.7. The average molecular weight is 444 g/mol. The van der Waals surface area contributed by atoms with Crippen LogP contribution in [0.2, 0.25) is 0 Å². The van der Waals surface area contributed by atoms with Gasteiger partial charge in [0.2, 0.25) is 10.0 Å². The van der Waals surface area contributed by atoms with Crippen molar-refractivity contribution in [2.45, 2.75) is 37.6 Å². The smallest absolute Gasteiger partial charge is 0.289 e. The average Bonchev–Trinajstić information content (AvgIpc) is 3.54. The molecule has 1 aliphatic rings. The Morgan fingerprint density at radius 1 is 1.19 bits per heavy atom. The van der Waals surface area contributed by atoms with E-state index in [1.165, 1.54) is 21.6 Å². The molecule has 3 aromatic rings. The molecule has 0 bridgehead atoms. The second-order valence-electron chi connectivity index (χ2n) is 7.67. The van der Waals surface area contributed by atoms with E-state index in [1.807, 2.05) is 31.2 Å². The molecule has 0 saturated carbocycles. The molecule has 1 saturated heterocycles. The van der Waals surface area contributed by atoms with Crippen LogP contribution in [0.1, 0.15) is 47.7 Å². The molecule has 3 heterocycles. The van der Waals surface area contributed by atoms with Crippen molar-refractivity contribution in [3.05, 3.63) is 60.1 Å². The van der Waals surface area contributed by atoms with Crippen LogP contribution >= 0.6 is 0 Å². The zero-order valence-corrected chi connectivity index (χ0v) is 18.5. The molecular formula is C21H25N5O4S. The first kappa shape index (κ1) is 21.3. The van der Waals surface area contributed by atoms with Gasteiger partial charge in [-0.05, 0) is 44.4 Å². The number of hydrogen-bond donors (Lipinski definition) is 0. The lowest BCUT2D eigenvalue weighted by Gasteiger charge is -2.24. The van der Waals surface area contributed by atoms with Gasteiger partial charge in [0, 0.05) is 26.2 Å². The van der Waals surface area contributed by atoms with E-state index in [9.17, 15) is 13.2 Å². The van der Waals surface area contributed by atoms with Gasteiger partial charge in [0.25, 0.3) is 5.91 Å². The Bertz CT molecular complexity index is 1160. The summed E-state index contributed by atoms with van der Waals surface area (Å²) in [5, 5.41) is 4.10. The molecule has 0 spiro atoms. The van der Waals surface area contributed by atoms with Crippen LogP contribution < -0.4 is 0 Å². The molecule has 0 N–H and O–H groups in total. The summed E-state index contributed by atoms with van der Waals surface area (Å²) in [5.74, 6) is -0.129. The van der Waals surface area contributed by atoms with Gasteiger partial charge in [0.15, 0.2) is 5.76 Å². The van der Waals surface area contributed by atoms with E-state index in [2.05, 4.69) is 10.1 Å². The Morgan fingerprint density at radius 3 is 2.48 bits per heavy atom. The van der Waals surface area contributed by atoms with E-state index in [4.69, 9.17) is 4.42 Å². The maximum Gasteiger partial charge on any atom is 0.289 e.